The second-order valence-corrected chi connectivity index (χ2v) is 6.28. The average molecular weight is 364 g/mol. The Morgan fingerprint density at radius 2 is 1.96 bits per heavy atom. The van der Waals surface area contributed by atoms with Crippen molar-refractivity contribution in [3.8, 4) is 11.4 Å². The van der Waals surface area contributed by atoms with E-state index in [9.17, 15) is 4.79 Å². The van der Waals surface area contributed by atoms with Crippen LogP contribution >= 0.6 is 0 Å². The Morgan fingerprint density at radius 1 is 1.15 bits per heavy atom. The zero-order valence-corrected chi connectivity index (χ0v) is 15.7. The first-order valence-corrected chi connectivity index (χ1v) is 9.07. The van der Waals surface area contributed by atoms with Gasteiger partial charge in [0.1, 0.15) is 6.54 Å². The van der Waals surface area contributed by atoms with E-state index in [0.717, 1.165) is 24.3 Å². The lowest BCUT2D eigenvalue weighted by atomic mass is 10.2. The second-order valence-electron chi connectivity index (χ2n) is 6.28. The van der Waals surface area contributed by atoms with Gasteiger partial charge in [0.15, 0.2) is 0 Å². The maximum Gasteiger partial charge on any atom is 0.243 e. The SMILES string of the molecule is CCN(CCNC(=O)Cn1nnc(-c2ccccc2)n1)c1cccc(C)c1. The minimum absolute atomic E-state index is 0.0520. The van der Waals surface area contributed by atoms with E-state index < -0.39 is 0 Å². The van der Waals surface area contributed by atoms with Crippen LogP contribution in [0, 0.1) is 6.92 Å². The second kappa shape index (κ2) is 8.93. The Balaban J connectivity index is 1.49. The molecule has 1 N–H and O–H groups in total. The molecule has 7 heteroatoms. The van der Waals surface area contributed by atoms with Gasteiger partial charge in [-0.3, -0.25) is 4.79 Å². The lowest BCUT2D eigenvalue weighted by Gasteiger charge is -2.23. The molecule has 0 radical (unpaired) electrons. The summed E-state index contributed by atoms with van der Waals surface area (Å²) in [5.41, 5.74) is 3.26. The molecule has 0 aliphatic carbocycles. The number of anilines is 1. The quantitative estimate of drug-likeness (QED) is 0.664. The number of likely N-dealkylation sites (N-methyl/N-ethyl adjacent to an activating group) is 1. The number of carbonyl (C=O) groups excluding carboxylic acids is 1. The van der Waals surface area contributed by atoms with Crippen molar-refractivity contribution in [1.82, 2.24) is 25.5 Å². The molecule has 0 bridgehead atoms. The molecule has 0 unspecified atom stereocenters. The number of hydrogen-bond donors (Lipinski definition) is 1. The van der Waals surface area contributed by atoms with E-state index >= 15 is 0 Å². The van der Waals surface area contributed by atoms with Crippen molar-refractivity contribution < 1.29 is 4.79 Å². The molecule has 1 aromatic heterocycles. The highest BCUT2D eigenvalue weighted by Gasteiger charge is 2.10. The van der Waals surface area contributed by atoms with Crippen molar-refractivity contribution >= 4 is 11.6 Å². The summed E-state index contributed by atoms with van der Waals surface area (Å²) in [5, 5.41) is 15.1. The van der Waals surface area contributed by atoms with Crippen molar-refractivity contribution in [3.63, 3.8) is 0 Å². The standard InChI is InChI=1S/C20H24N6O/c1-3-25(18-11-7-8-16(2)14-18)13-12-21-19(27)15-26-23-20(22-24-26)17-9-5-4-6-10-17/h4-11,14H,3,12-13,15H2,1-2H3,(H,21,27). The molecule has 3 rings (SSSR count). The maximum absolute atomic E-state index is 12.2. The van der Waals surface area contributed by atoms with Crippen molar-refractivity contribution in [1.29, 1.82) is 0 Å². The summed E-state index contributed by atoms with van der Waals surface area (Å²) < 4.78 is 0. The lowest BCUT2D eigenvalue weighted by Crippen LogP contribution is -2.36. The van der Waals surface area contributed by atoms with E-state index in [1.807, 2.05) is 36.4 Å². The minimum Gasteiger partial charge on any atom is -0.370 e. The topological polar surface area (TPSA) is 75.9 Å². The fraction of sp³-hybridized carbons (Fsp3) is 0.300. The largest absolute Gasteiger partial charge is 0.370 e. The average Bonchev–Trinajstić information content (AvgIpc) is 3.14. The summed E-state index contributed by atoms with van der Waals surface area (Å²) in [7, 11) is 0. The number of carbonyl (C=O) groups is 1. The zero-order chi connectivity index (χ0) is 19.1. The molecule has 0 atom stereocenters. The molecule has 1 amide bonds. The first-order valence-electron chi connectivity index (χ1n) is 9.07. The molecular weight excluding hydrogens is 340 g/mol. The number of benzene rings is 2. The zero-order valence-electron chi connectivity index (χ0n) is 15.7. The number of nitrogens with zero attached hydrogens (tertiary/aromatic N) is 5. The van der Waals surface area contributed by atoms with E-state index in [1.54, 1.807) is 0 Å². The monoisotopic (exact) mass is 364 g/mol. The summed E-state index contributed by atoms with van der Waals surface area (Å²) in [6, 6.07) is 17.9. The van der Waals surface area contributed by atoms with Gasteiger partial charge in [-0.05, 0) is 36.8 Å². The first kappa shape index (κ1) is 18.6. The normalized spacial score (nSPS) is 10.6. The number of tetrazole rings is 1. The Morgan fingerprint density at radius 3 is 2.70 bits per heavy atom. The molecule has 3 aromatic rings. The van der Waals surface area contributed by atoms with Crippen molar-refractivity contribution in [2.24, 2.45) is 0 Å². The molecule has 140 valence electrons. The summed E-state index contributed by atoms with van der Waals surface area (Å²) >= 11 is 0. The highest BCUT2D eigenvalue weighted by Crippen LogP contribution is 2.15. The van der Waals surface area contributed by atoms with Crippen LogP contribution in [-0.2, 0) is 11.3 Å². The van der Waals surface area contributed by atoms with Crippen molar-refractivity contribution in [3.05, 3.63) is 60.2 Å². The predicted octanol–water partition coefficient (Wildman–Crippen LogP) is 2.29. The molecular formula is C20H24N6O. The van der Waals surface area contributed by atoms with Gasteiger partial charge < -0.3 is 10.2 Å². The van der Waals surface area contributed by atoms with Crippen LogP contribution in [0.2, 0.25) is 0 Å². The smallest absolute Gasteiger partial charge is 0.243 e. The third-order valence-corrected chi connectivity index (χ3v) is 4.22. The summed E-state index contributed by atoms with van der Waals surface area (Å²) in [4.78, 5) is 15.7. The fourth-order valence-corrected chi connectivity index (χ4v) is 2.82. The van der Waals surface area contributed by atoms with E-state index in [0.29, 0.717) is 12.4 Å². The highest BCUT2D eigenvalue weighted by atomic mass is 16.2. The number of aryl methyl sites for hydroxylation is 1. The Labute approximate surface area is 159 Å². The Hall–Kier alpha value is -3.22. The molecule has 7 nitrogen and oxygen atoms in total. The number of aromatic nitrogens is 4. The van der Waals surface area contributed by atoms with Gasteiger partial charge in [0, 0.05) is 30.9 Å². The minimum atomic E-state index is -0.132. The van der Waals surface area contributed by atoms with E-state index in [4.69, 9.17) is 0 Å². The van der Waals surface area contributed by atoms with Crippen LogP contribution in [0.5, 0.6) is 0 Å². The Bertz CT molecular complexity index is 877. The van der Waals surface area contributed by atoms with Crippen LogP contribution in [0.15, 0.2) is 54.6 Å². The van der Waals surface area contributed by atoms with Gasteiger partial charge in [0.2, 0.25) is 11.7 Å². The Kier molecular flexibility index (Phi) is 6.14. The van der Waals surface area contributed by atoms with E-state index in [1.165, 1.54) is 10.4 Å². The number of nitrogens with one attached hydrogen (secondary N) is 1. The molecule has 0 saturated carbocycles. The van der Waals surface area contributed by atoms with Gasteiger partial charge in [-0.1, -0.05) is 42.5 Å². The van der Waals surface area contributed by atoms with Crippen LogP contribution in [0.4, 0.5) is 5.69 Å². The van der Waals surface area contributed by atoms with Crippen molar-refractivity contribution in [2.75, 3.05) is 24.5 Å². The van der Waals surface area contributed by atoms with Crippen molar-refractivity contribution in [2.45, 2.75) is 20.4 Å². The lowest BCUT2D eigenvalue weighted by molar-refractivity contribution is -0.122. The third-order valence-electron chi connectivity index (χ3n) is 4.22. The molecule has 2 aromatic carbocycles. The highest BCUT2D eigenvalue weighted by molar-refractivity contribution is 5.75. The molecule has 0 aliphatic heterocycles. The van der Waals surface area contributed by atoms with Crippen LogP contribution in [0.3, 0.4) is 0 Å². The number of rotatable bonds is 8. The van der Waals surface area contributed by atoms with Crippen LogP contribution < -0.4 is 10.2 Å². The molecule has 0 fully saturated rings. The van der Waals surface area contributed by atoms with Crippen LogP contribution in [0.25, 0.3) is 11.4 Å². The first-order chi connectivity index (χ1) is 13.2. The summed E-state index contributed by atoms with van der Waals surface area (Å²) in [5.74, 6) is 0.382. The van der Waals surface area contributed by atoms with E-state index in [2.05, 4.69) is 57.7 Å². The third kappa shape index (κ3) is 5.13. The van der Waals surface area contributed by atoms with Gasteiger partial charge in [-0.2, -0.15) is 4.80 Å². The molecule has 0 saturated heterocycles. The van der Waals surface area contributed by atoms with Gasteiger partial charge in [0.25, 0.3) is 0 Å². The maximum atomic E-state index is 12.2. The summed E-state index contributed by atoms with van der Waals surface area (Å²) in [6.45, 7) is 6.41. The molecule has 0 spiro atoms. The van der Waals surface area contributed by atoms with Gasteiger partial charge in [0.05, 0.1) is 0 Å². The van der Waals surface area contributed by atoms with E-state index in [-0.39, 0.29) is 12.5 Å². The molecule has 0 aliphatic rings. The van der Waals surface area contributed by atoms with Gasteiger partial charge in [-0.25, -0.2) is 0 Å². The number of amides is 1. The molecule has 1 heterocycles. The molecule has 27 heavy (non-hydrogen) atoms. The van der Waals surface area contributed by atoms with Gasteiger partial charge >= 0.3 is 0 Å². The van der Waals surface area contributed by atoms with Crippen LogP contribution in [-0.4, -0.2) is 45.7 Å². The predicted molar refractivity (Wildman–Crippen MR) is 105 cm³/mol. The fourth-order valence-electron chi connectivity index (χ4n) is 2.82. The number of hydrogen-bond acceptors (Lipinski definition) is 5. The van der Waals surface area contributed by atoms with Gasteiger partial charge in [-0.15, -0.1) is 10.2 Å². The van der Waals surface area contributed by atoms with Crippen LogP contribution in [0.1, 0.15) is 12.5 Å². The summed E-state index contributed by atoms with van der Waals surface area (Å²) in [6.07, 6.45) is 0.